The fraction of sp³-hybridized carbons (Fsp3) is 0.214. The molecule has 0 radical (unpaired) electrons. The van der Waals surface area contributed by atoms with Crippen molar-refractivity contribution in [2.75, 3.05) is 5.73 Å². The van der Waals surface area contributed by atoms with Gasteiger partial charge in [-0.25, -0.2) is 4.98 Å². The quantitative estimate of drug-likeness (QED) is 0.688. The molecule has 1 aromatic carbocycles. The molecule has 2 N–H and O–H groups in total. The Bertz CT molecular complexity index is 725. The van der Waals surface area contributed by atoms with Gasteiger partial charge in [0.25, 0.3) is 0 Å². The third-order valence-electron chi connectivity index (χ3n) is 3.40. The van der Waals surface area contributed by atoms with Crippen LogP contribution in [0, 0.1) is 0 Å². The fourth-order valence-corrected chi connectivity index (χ4v) is 2.35. The minimum absolute atomic E-state index is 0.491. The van der Waals surface area contributed by atoms with Crippen LogP contribution in [0.4, 0.5) is 5.82 Å². The Morgan fingerprint density at radius 1 is 1.18 bits per heavy atom. The number of nitrogens with zero attached hydrogens (tertiary/aromatic N) is 1. The molecule has 1 aliphatic rings. The fourth-order valence-electron chi connectivity index (χ4n) is 2.35. The van der Waals surface area contributed by atoms with Crippen molar-refractivity contribution >= 4 is 27.7 Å². The summed E-state index contributed by atoms with van der Waals surface area (Å²) < 4.78 is 5.84. The first kappa shape index (κ1) is 9.05. The largest absolute Gasteiger partial charge is 0.457 e. The average molecular weight is 224 g/mol. The average Bonchev–Trinajstić information content (AvgIpc) is 3.09. The number of nitrogens with two attached hydrogens (primary N) is 1. The van der Waals surface area contributed by atoms with E-state index in [0.29, 0.717) is 11.7 Å². The number of fused-ring (bicyclic) bond motifs is 3. The van der Waals surface area contributed by atoms with Crippen molar-refractivity contribution in [1.29, 1.82) is 0 Å². The van der Waals surface area contributed by atoms with Gasteiger partial charge in [-0.15, -0.1) is 0 Å². The van der Waals surface area contributed by atoms with Crippen molar-refractivity contribution in [1.82, 2.24) is 4.98 Å². The van der Waals surface area contributed by atoms with Gasteiger partial charge in [0.15, 0.2) is 11.4 Å². The number of hydrogen-bond acceptors (Lipinski definition) is 3. The summed E-state index contributed by atoms with van der Waals surface area (Å²) in [5.74, 6) is 2.15. The zero-order valence-corrected chi connectivity index (χ0v) is 9.31. The summed E-state index contributed by atoms with van der Waals surface area (Å²) >= 11 is 0. The molecule has 17 heavy (non-hydrogen) atoms. The summed E-state index contributed by atoms with van der Waals surface area (Å²) in [5, 5.41) is 2.21. The summed E-state index contributed by atoms with van der Waals surface area (Å²) in [5.41, 5.74) is 7.62. The number of para-hydroxylation sites is 1. The Kier molecular flexibility index (Phi) is 1.60. The van der Waals surface area contributed by atoms with E-state index in [-0.39, 0.29) is 0 Å². The highest BCUT2D eigenvalue weighted by molar-refractivity contribution is 6.07. The highest BCUT2D eigenvalue weighted by Gasteiger charge is 2.28. The predicted octanol–water partition coefficient (Wildman–Crippen LogP) is 3.44. The van der Waals surface area contributed by atoms with Crippen molar-refractivity contribution < 1.29 is 4.42 Å². The minimum atomic E-state index is 0.491. The van der Waals surface area contributed by atoms with Gasteiger partial charge in [0.05, 0.1) is 5.52 Å². The van der Waals surface area contributed by atoms with E-state index in [0.717, 1.165) is 27.6 Å². The normalized spacial score (nSPS) is 15.8. The number of furan rings is 1. The number of hydrogen-bond donors (Lipinski definition) is 1. The molecule has 1 aliphatic carbocycles. The van der Waals surface area contributed by atoms with Gasteiger partial charge in [0.1, 0.15) is 5.76 Å². The molecule has 3 nitrogen and oxygen atoms in total. The molecular weight excluding hydrogens is 212 g/mol. The molecule has 0 atom stereocenters. The van der Waals surface area contributed by atoms with E-state index in [1.807, 2.05) is 18.2 Å². The molecule has 4 rings (SSSR count). The molecule has 0 saturated heterocycles. The Morgan fingerprint density at radius 2 is 2.00 bits per heavy atom. The van der Waals surface area contributed by atoms with Crippen LogP contribution in [0.5, 0.6) is 0 Å². The Morgan fingerprint density at radius 3 is 2.82 bits per heavy atom. The van der Waals surface area contributed by atoms with Crippen LogP contribution >= 0.6 is 0 Å². The second-order valence-electron chi connectivity index (χ2n) is 4.68. The molecule has 84 valence electrons. The monoisotopic (exact) mass is 224 g/mol. The van der Waals surface area contributed by atoms with E-state index in [4.69, 9.17) is 10.2 Å². The lowest BCUT2D eigenvalue weighted by atomic mass is 10.1. The maximum absolute atomic E-state index is 5.95. The molecule has 2 aromatic heterocycles. The second-order valence-corrected chi connectivity index (χ2v) is 4.68. The summed E-state index contributed by atoms with van der Waals surface area (Å²) in [6.07, 6.45) is 2.45. The Hall–Kier alpha value is -2.03. The summed E-state index contributed by atoms with van der Waals surface area (Å²) in [7, 11) is 0. The van der Waals surface area contributed by atoms with Crippen LogP contribution < -0.4 is 5.73 Å². The van der Waals surface area contributed by atoms with Gasteiger partial charge in [0, 0.05) is 16.7 Å². The van der Waals surface area contributed by atoms with E-state index in [9.17, 15) is 0 Å². The highest BCUT2D eigenvalue weighted by Crippen LogP contribution is 2.43. The van der Waals surface area contributed by atoms with Gasteiger partial charge in [-0.05, 0) is 25.0 Å². The molecule has 1 fully saturated rings. The summed E-state index contributed by atoms with van der Waals surface area (Å²) in [6, 6.07) is 10.2. The molecule has 0 amide bonds. The number of rotatable bonds is 1. The van der Waals surface area contributed by atoms with Crippen LogP contribution in [-0.2, 0) is 0 Å². The highest BCUT2D eigenvalue weighted by atomic mass is 16.3. The van der Waals surface area contributed by atoms with Crippen LogP contribution in [0.15, 0.2) is 34.7 Å². The van der Waals surface area contributed by atoms with Crippen LogP contribution in [0.2, 0.25) is 0 Å². The zero-order valence-electron chi connectivity index (χ0n) is 9.31. The van der Waals surface area contributed by atoms with E-state index in [1.165, 1.54) is 12.8 Å². The van der Waals surface area contributed by atoms with Gasteiger partial charge >= 0.3 is 0 Å². The predicted molar refractivity (Wildman–Crippen MR) is 67.9 cm³/mol. The van der Waals surface area contributed by atoms with Gasteiger partial charge < -0.3 is 10.2 Å². The standard InChI is InChI=1S/C14H12N2O/c15-14-13-10(7-12(17-13)8-5-6-8)9-3-1-2-4-11(9)16-14/h1-4,7-8H,5-6H2,(H2,15,16). The SMILES string of the molecule is Nc1nc2ccccc2c2cc(C3CC3)oc12. The lowest BCUT2D eigenvalue weighted by Crippen LogP contribution is -1.91. The third kappa shape index (κ3) is 1.25. The lowest BCUT2D eigenvalue weighted by molar-refractivity contribution is 0.553. The smallest absolute Gasteiger partial charge is 0.176 e. The van der Waals surface area contributed by atoms with E-state index in [2.05, 4.69) is 17.1 Å². The molecular formula is C14H12N2O. The summed E-state index contributed by atoms with van der Waals surface area (Å²) in [6.45, 7) is 0. The third-order valence-corrected chi connectivity index (χ3v) is 3.40. The van der Waals surface area contributed by atoms with Crippen LogP contribution in [0.25, 0.3) is 21.9 Å². The maximum Gasteiger partial charge on any atom is 0.176 e. The molecule has 2 heterocycles. The van der Waals surface area contributed by atoms with Gasteiger partial charge in [-0.1, -0.05) is 18.2 Å². The van der Waals surface area contributed by atoms with Crippen LogP contribution in [0.1, 0.15) is 24.5 Å². The molecule has 3 heteroatoms. The van der Waals surface area contributed by atoms with Crippen LogP contribution in [-0.4, -0.2) is 4.98 Å². The molecule has 0 aliphatic heterocycles. The first-order chi connectivity index (χ1) is 8.33. The molecule has 1 saturated carbocycles. The molecule has 0 bridgehead atoms. The van der Waals surface area contributed by atoms with Gasteiger partial charge in [-0.2, -0.15) is 0 Å². The number of nitrogen functional groups attached to an aromatic ring is 1. The van der Waals surface area contributed by atoms with Crippen LogP contribution in [0.3, 0.4) is 0 Å². The first-order valence-corrected chi connectivity index (χ1v) is 5.90. The number of benzene rings is 1. The van der Waals surface area contributed by atoms with Crippen molar-refractivity contribution in [3.8, 4) is 0 Å². The molecule has 3 aromatic rings. The minimum Gasteiger partial charge on any atom is -0.457 e. The maximum atomic E-state index is 5.95. The molecule has 0 unspecified atom stereocenters. The number of anilines is 1. The van der Waals surface area contributed by atoms with Crippen molar-refractivity contribution in [3.63, 3.8) is 0 Å². The van der Waals surface area contributed by atoms with Gasteiger partial charge in [-0.3, -0.25) is 0 Å². The number of pyridine rings is 1. The summed E-state index contributed by atoms with van der Waals surface area (Å²) in [4.78, 5) is 4.38. The zero-order chi connectivity index (χ0) is 11.4. The molecule has 0 spiro atoms. The topological polar surface area (TPSA) is 52.0 Å². The first-order valence-electron chi connectivity index (χ1n) is 5.90. The van der Waals surface area contributed by atoms with Crippen molar-refractivity contribution in [2.24, 2.45) is 0 Å². The van der Waals surface area contributed by atoms with Crippen molar-refractivity contribution in [2.45, 2.75) is 18.8 Å². The van der Waals surface area contributed by atoms with E-state index >= 15 is 0 Å². The van der Waals surface area contributed by atoms with E-state index in [1.54, 1.807) is 0 Å². The lowest BCUT2D eigenvalue weighted by Gasteiger charge is -1.99. The number of aromatic nitrogens is 1. The Labute approximate surface area is 98.2 Å². The van der Waals surface area contributed by atoms with E-state index < -0.39 is 0 Å². The Balaban J connectivity index is 2.15. The van der Waals surface area contributed by atoms with Crippen molar-refractivity contribution in [3.05, 3.63) is 36.1 Å². The second kappa shape index (κ2) is 3.00. The van der Waals surface area contributed by atoms with Gasteiger partial charge in [0.2, 0.25) is 0 Å².